The third-order valence-corrected chi connectivity index (χ3v) is 4.74. The van der Waals surface area contributed by atoms with Gasteiger partial charge < -0.3 is 16.0 Å². The number of amides is 3. The van der Waals surface area contributed by atoms with Crippen LogP contribution in [-0.4, -0.2) is 58.9 Å². The molecule has 138 valence electrons. The smallest absolute Gasteiger partial charge is 0.312 e. The number of nitrogens with two attached hydrogens (primary N) is 1. The number of carbonyl (C=O) groups excluding carboxylic acids is 2. The SMILES string of the molecule is C[C@@H](c1cccnc1)N1CCN(C(=O)[C@H](NC(N)=O)C(C)(C)C)CC1. The Kier molecular flexibility index (Phi) is 6.00. The summed E-state index contributed by atoms with van der Waals surface area (Å²) in [5.74, 6) is -0.0695. The van der Waals surface area contributed by atoms with Gasteiger partial charge in [-0.25, -0.2) is 4.79 Å². The molecule has 1 aromatic heterocycles. The fourth-order valence-corrected chi connectivity index (χ4v) is 3.14. The highest BCUT2D eigenvalue weighted by Crippen LogP contribution is 2.24. The summed E-state index contributed by atoms with van der Waals surface area (Å²) >= 11 is 0. The van der Waals surface area contributed by atoms with Gasteiger partial charge in [-0.2, -0.15) is 0 Å². The summed E-state index contributed by atoms with van der Waals surface area (Å²) < 4.78 is 0. The van der Waals surface area contributed by atoms with Gasteiger partial charge in [-0.05, 0) is 24.0 Å². The molecule has 2 heterocycles. The van der Waals surface area contributed by atoms with Crippen LogP contribution in [0.2, 0.25) is 0 Å². The molecule has 0 bridgehead atoms. The summed E-state index contributed by atoms with van der Waals surface area (Å²) in [6, 6.07) is 2.98. The lowest BCUT2D eigenvalue weighted by atomic mass is 9.85. The Bertz CT molecular complexity index is 591. The minimum atomic E-state index is -0.669. The molecule has 0 unspecified atom stereocenters. The van der Waals surface area contributed by atoms with Crippen molar-refractivity contribution in [1.82, 2.24) is 20.1 Å². The van der Waals surface area contributed by atoms with Crippen LogP contribution in [0.15, 0.2) is 24.5 Å². The number of carbonyl (C=O) groups is 2. The molecule has 0 radical (unpaired) electrons. The molecule has 25 heavy (non-hydrogen) atoms. The van der Waals surface area contributed by atoms with Gasteiger partial charge >= 0.3 is 6.03 Å². The first-order valence-corrected chi connectivity index (χ1v) is 8.69. The highest BCUT2D eigenvalue weighted by atomic mass is 16.2. The first-order chi connectivity index (χ1) is 11.7. The highest BCUT2D eigenvalue weighted by molar-refractivity contribution is 5.87. The maximum Gasteiger partial charge on any atom is 0.312 e. The number of hydrogen-bond donors (Lipinski definition) is 2. The van der Waals surface area contributed by atoms with Crippen molar-refractivity contribution in [2.75, 3.05) is 26.2 Å². The van der Waals surface area contributed by atoms with Crippen molar-refractivity contribution in [2.24, 2.45) is 11.1 Å². The maximum absolute atomic E-state index is 12.9. The summed E-state index contributed by atoms with van der Waals surface area (Å²) in [6.07, 6.45) is 3.65. The van der Waals surface area contributed by atoms with Crippen LogP contribution in [0.1, 0.15) is 39.3 Å². The zero-order valence-electron chi connectivity index (χ0n) is 15.5. The molecule has 7 heteroatoms. The first kappa shape index (κ1) is 19.2. The predicted octanol–water partition coefficient (Wildman–Crippen LogP) is 1.37. The van der Waals surface area contributed by atoms with Gasteiger partial charge in [-0.15, -0.1) is 0 Å². The number of hydrogen-bond acceptors (Lipinski definition) is 4. The molecule has 1 aliphatic rings. The minimum absolute atomic E-state index is 0.0695. The lowest BCUT2D eigenvalue weighted by Crippen LogP contribution is -2.59. The summed E-state index contributed by atoms with van der Waals surface area (Å²) in [6.45, 7) is 10.8. The average Bonchev–Trinajstić information content (AvgIpc) is 2.58. The quantitative estimate of drug-likeness (QED) is 0.860. The number of urea groups is 1. The normalized spacial score (nSPS) is 18.5. The van der Waals surface area contributed by atoms with Crippen molar-refractivity contribution in [3.8, 4) is 0 Å². The second-order valence-electron chi connectivity index (χ2n) is 7.63. The molecular weight excluding hydrogens is 318 g/mol. The van der Waals surface area contributed by atoms with E-state index in [2.05, 4.69) is 28.2 Å². The molecule has 0 aliphatic carbocycles. The molecule has 0 aromatic carbocycles. The number of rotatable bonds is 4. The maximum atomic E-state index is 12.9. The average molecular weight is 347 g/mol. The molecule has 1 aromatic rings. The topological polar surface area (TPSA) is 91.6 Å². The lowest BCUT2D eigenvalue weighted by Gasteiger charge is -2.41. The first-order valence-electron chi connectivity index (χ1n) is 8.69. The van der Waals surface area contributed by atoms with Crippen LogP contribution in [0.4, 0.5) is 4.79 Å². The van der Waals surface area contributed by atoms with Gasteiger partial charge in [0.2, 0.25) is 5.91 Å². The second-order valence-corrected chi connectivity index (χ2v) is 7.63. The molecule has 7 nitrogen and oxygen atoms in total. The van der Waals surface area contributed by atoms with Crippen LogP contribution < -0.4 is 11.1 Å². The molecule has 3 N–H and O–H groups in total. The van der Waals surface area contributed by atoms with Crippen LogP contribution in [-0.2, 0) is 4.79 Å². The van der Waals surface area contributed by atoms with Gasteiger partial charge in [0, 0.05) is 44.6 Å². The van der Waals surface area contributed by atoms with Crippen LogP contribution in [0.25, 0.3) is 0 Å². The fourth-order valence-electron chi connectivity index (χ4n) is 3.14. The number of nitrogens with zero attached hydrogens (tertiary/aromatic N) is 3. The summed E-state index contributed by atoms with van der Waals surface area (Å²) in [7, 11) is 0. The van der Waals surface area contributed by atoms with Crippen molar-refractivity contribution in [2.45, 2.75) is 39.8 Å². The number of primary amides is 1. The van der Waals surface area contributed by atoms with Gasteiger partial charge in [0.05, 0.1) is 0 Å². The largest absolute Gasteiger partial charge is 0.352 e. The van der Waals surface area contributed by atoms with Gasteiger partial charge in [0.1, 0.15) is 6.04 Å². The molecular formula is C18H29N5O2. The standard InChI is InChI=1S/C18H29N5O2/c1-13(14-6-5-7-20-12-14)22-8-10-23(11-9-22)16(24)15(18(2,3)4)21-17(19)25/h5-7,12-13,15H,8-11H2,1-4H3,(H3,19,21,25)/t13-,15-/m0/s1. The van der Waals surface area contributed by atoms with Gasteiger partial charge in [0.25, 0.3) is 0 Å². The van der Waals surface area contributed by atoms with E-state index < -0.39 is 17.5 Å². The second kappa shape index (κ2) is 7.82. The third kappa shape index (κ3) is 4.92. The number of aromatic nitrogens is 1. The van der Waals surface area contributed by atoms with E-state index in [9.17, 15) is 9.59 Å². The molecule has 2 rings (SSSR count). The Morgan fingerprint density at radius 2 is 1.88 bits per heavy atom. The Labute approximate surface area is 149 Å². The molecule has 0 saturated carbocycles. The summed E-state index contributed by atoms with van der Waals surface area (Å²) in [5, 5.41) is 2.60. The Morgan fingerprint density at radius 1 is 1.24 bits per heavy atom. The zero-order chi connectivity index (χ0) is 18.6. The molecule has 2 atom stereocenters. The van der Waals surface area contributed by atoms with Crippen LogP contribution in [0.3, 0.4) is 0 Å². The molecule has 0 spiro atoms. The van der Waals surface area contributed by atoms with E-state index in [4.69, 9.17) is 5.73 Å². The van der Waals surface area contributed by atoms with Crippen LogP contribution in [0.5, 0.6) is 0 Å². The Morgan fingerprint density at radius 3 is 2.36 bits per heavy atom. The molecule has 1 aliphatic heterocycles. The van der Waals surface area contributed by atoms with E-state index in [1.807, 2.05) is 37.9 Å². The van der Waals surface area contributed by atoms with E-state index in [0.29, 0.717) is 13.1 Å². The molecule has 3 amide bonds. The van der Waals surface area contributed by atoms with Gasteiger partial charge in [-0.1, -0.05) is 26.8 Å². The van der Waals surface area contributed by atoms with E-state index in [-0.39, 0.29) is 11.9 Å². The highest BCUT2D eigenvalue weighted by Gasteiger charge is 2.36. The van der Waals surface area contributed by atoms with E-state index in [0.717, 1.165) is 13.1 Å². The summed E-state index contributed by atoms with van der Waals surface area (Å²) in [4.78, 5) is 32.5. The van der Waals surface area contributed by atoms with Crippen LogP contribution in [0, 0.1) is 5.41 Å². The molecule has 1 fully saturated rings. The fraction of sp³-hybridized carbons (Fsp3) is 0.611. The zero-order valence-corrected chi connectivity index (χ0v) is 15.5. The number of pyridine rings is 1. The van der Waals surface area contributed by atoms with Crippen molar-refractivity contribution >= 4 is 11.9 Å². The summed E-state index contributed by atoms with van der Waals surface area (Å²) in [5.41, 5.74) is 6.02. The van der Waals surface area contributed by atoms with E-state index >= 15 is 0 Å². The Hall–Kier alpha value is -2.15. The monoisotopic (exact) mass is 347 g/mol. The van der Waals surface area contributed by atoms with Crippen molar-refractivity contribution in [3.05, 3.63) is 30.1 Å². The number of nitrogens with one attached hydrogen (secondary N) is 1. The van der Waals surface area contributed by atoms with Gasteiger partial charge in [-0.3, -0.25) is 14.7 Å². The van der Waals surface area contributed by atoms with E-state index in [1.54, 1.807) is 6.20 Å². The van der Waals surface area contributed by atoms with Crippen molar-refractivity contribution < 1.29 is 9.59 Å². The predicted molar refractivity (Wildman–Crippen MR) is 96.8 cm³/mol. The number of piperazine rings is 1. The van der Waals surface area contributed by atoms with Gasteiger partial charge in [0.15, 0.2) is 0 Å². The van der Waals surface area contributed by atoms with E-state index in [1.165, 1.54) is 5.56 Å². The van der Waals surface area contributed by atoms with Crippen molar-refractivity contribution in [3.63, 3.8) is 0 Å². The molecule has 1 saturated heterocycles. The van der Waals surface area contributed by atoms with Crippen molar-refractivity contribution in [1.29, 1.82) is 0 Å². The lowest BCUT2D eigenvalue weighted by molar-refractivity contribution is -0.137. The minimum Gasteiger partial charge on any atom is -0.352 e. The third-order valence-electron chi connectivity index (χ3n) is 4.74. The Balaban J connectivity index is 1.98. The van der Waals surface area contributed by atoms with Crippen LogP contribution >= 0.6 is 0 Å².